The molecule has 0 aromatic heterocycles. The molecule has 12 heavy (non-hydrogen) atoms. The van der Waals surface area contributed by atoms with E-state index in [0.29, 0.717) is 5.75 Å². The van der Waals surface area contributed by atoms with Crippen molar-refractivity contribution in [1.82, 2.24) is 0 Å². The van der Waals surface area contributed by atoms with E-state index in [1.54, 1.807) is 19.6 Å². The predicted molar refractivity (Wildman–Crippen MR) is 52.3 cm³/mol. The van der Waals surface area contributed by atoms with E-state index in [2.05, 4.69) is 0 Å². The monoisotopic (exact) mass is 182 g/mol. The van der Waals surface area contributed by atoms with Gasteiger partial charge in [0, 0.05) is 5.37 Å². The molecule has 64 valence electrons. The van der Waals surface area contributed by atoms with Gasteiger partial charge in [0.1, 0.15) is 0 Å². The molecule has 0 atom stereocenters. The molecule has 0 fully saturated rings. The molecule has 0 aliphatic heterocycles. The number of ether oxygens (including phenoxy) is 2. The van der Waals surface area contributed by atoms with Gasteiger partial charge in [0.15, 0.2) is 11.5 Å². The van der Waals surface area contributed by atoms with Gasteiger partial charge in [-0.25, -0.2) is 0 Å². The first-order valence-electron chi connectivity index (χ1n) is 3.49. The third kappa shape index (κ3) is 1.74. The van der Waals surface area contributed by atoms with Crippen LogP contribution in [0.3, 0.4) is 0 Å². The number of thiocarbonyl (C=S) groups is 1. The van der Waals surface area contributed by atoms with E-state index >= 15 is 0 Å². The molecule has 0 aliphatic rings. The van der Waals surface area contributed by atoms with E-state index in [9.17, 15) is 0 Å². The summed E-state index contributed by atoms with van der Waals surface area (Å²) in [5, 5.41) is 1.60. The average molecular weight is 182 g/mol. The minimum Gasteiger partial charge on any atom is -0.493 e. The fourth-order valence-electron chi connectivity index (χ4n) is 0.926. The first-order chi connectivity index (χ1) is 5.81. The molecule has 0 aliphatic carbocycles. The summed E-state index contributed by atoms with van der Waals surface area (Å²) in [6.07, 6.45) is 0. The van der Waals surface area contributed by atoms with Crippen molar-refractivity contribution >= 4 is 17.6 Å². The second-order valence-electron chi connectivity index (χ2n) is 2.23. The van der Waals surface area contributed by atoms with Gasteiger partial charge < -0.3 is 9.47 Å². The van der Waals surface area contributed by atoms with Gasteiger partial charge in [-0.1, -0.05) is 18.3 Å². The zero-order chi connectivity index (χ0) is 8.97. The molecule has 0 unspecified atom stereocenters. The lowest BCUT2D eigenvalue weighted by atomic mass is 10.2. The predicted octanol–water partition coefficient (Wildman–Crippen LogP) is 2.05. The van der Waals surface area contributed by atoms with Gasteiger partial charge >= 0.3 is 0 Å². The fraction of sp³-hybridized carbons (Fsp3) is 0.222. The molecule has 0 saturated heterocycles. The molecule has 0 spiro atoms. The smallest absolute Gasteiger partial charge is 0.161 e. The summed E-state index contributed by atoms with van der Waals surface area (Å²) < 4.78 is 10.2. The topological polar surface area (TPSA) is 18.5 Å². The van der Waals surface area contributed by atoms with Gasteiger partial charge in [0.2, 0.25) is 0 Å². The molecule has 1 aromatic carbocycles. The minimum atomic E-state index is 0.705. The maximum atomic E-state index is 5.09. The number of hydrogen-bond acceptors (Lipinski definition) is 3. The Morgan fingerprint density at radius 2 is 1.83 bits per heavy atom. The summed E-state index contributed by atoms with van der Waals surface area (Å²) in [4.78, 5) is 0. The van der Waals surface area contributed by atoms with Crippen molar-refractivity contribution in [1.29, 1.82) is 0 Å². The van der Waals surface area contributed by atoms with Crippen molar-refractivity contribution in [3.05, 3.63) is 23.8 Å². The minimum absolute atomic E-state index is 0.705. The molecule has 2 nitrogen and oxygen atoms in total. The number of methoxy groups -OCH3 is 2. The van der Waals surface area contributed by atoms with Crippen LogP contribution >= 0.6 is 12.2 Å². The lowest BCUT2D eigenvalue weighted by molar-refractivity contribution is 0.355. The van der Waals surface area contributed by atoms with Crippen molar-refractivity contribution in [3.63, 3.8) is 0 Å². The van der Waals surface area contributed by atoms with Gasteiger partial charge in [0.05, 0.1) is 14.2 Å². The van der Waals surface area contributed by atoms with Gasteiger partial charge in [-0.2, -0.15) is 0 Å². The number of benzene rings is 1. The Balaban J connectivity index is 3.10. The maximum absolute atomic E-state index is 5.09. The Bertz CT molecular complexity index is 284. The van der Waals surface area contributed by atoms with Gasteiger partial charge in [-0.05, 0) is 17.7 Å². The molecular weight excluding hydrogens is 172 g/mol. The second kappa shape index (κ2) is 4.07. The standard InChI is InChI=1S/C9H10O2S/c1-10-8-4-3-7(6-12)5-9(8)11-2/h3-6H,1-2H3. The lowest BCUT2D eigenvalue weighted by Gasteiger charge is -2.06. The van der Waals surface area contributed by atoms with Crippen LogP contribution in [0.1, 0.15) is 5.56 Å². The van der Waals surface area contributed by atoms with Crippen LogP contribution in [0.5, 0.6) is 11.5 Å². The SMILES string of the molecule is COc1ccc(C=S)cc1OC. The second-order valence-corrected chi connectivity index (χ2v) is 2.47. The Labute approximate surface area is 77.1 Å². The molecule has 0 radical (unpaired) electrons. The Morgan fingerprint density at radius 1 is 1.17 bits per heavy atom. The highest BCUT2D eigenvalue weighted by atomic mass is 32.1. The zero-order valence-electron chi connectivity index (χ0n) is 7.03. The Kier molecular flexibility index (Phi) is 3.05. The average Bonchev–Trinajstić information content (AvgIpc) is 2.16. The largest absolute Gasteiger partial charge is 0.493 e. The van der Waals surface area contributed by atoms with Crippen LogP contribution in [0.15, 0.2) is 18.2 Å². The summed E-state index contributed by atoms with van der Waals surface area (Å²) in [6.45, 7) is 0. The van der Waals surface area contributed by atoms with Gasteiger partial charge in [0.25, 0.3) is 0 Å². The van der Waals surface area contributed by atoms with Crippen molar-refractivity contribution in [2.75, 3.05) is 14.2 Å². The molecule has 0 amide bonds. The third-order valence-electron chi connectivity index (χ3n) is 1.54. The summed E-state index contributed by atoms with van der Waals surface area (Å²) in [5.74, 6) is 1.43. The molecular formula is C9H10O2S. The van der Waals surface area contributed by atoms with E-state index in [0.717, 1.165) is 11.3 Å². The molecule has 0 heterocycles. The quantitative estimate of drug-likeness (QED) is 0.666. The summed E-state index contributed by atoms with van der Waals surface area (Å²) in [5.41, 5.74) is 0.947. The highest BCUT2D eigenvalue weighted by Gasteiger charge is 2.01. The van der Waals surface area contributed by atoms with Crippen LogP contribution in [0, 0.1) is 0 Å². The van der Waals surface area contributed by atoms with E-state index in [-0.39, 0.29) is 0 Å². The van der Waals surface area contributed by atoms with E-state index < -0.39 is 0 Å². The van der Waals surface area contributed by atoms with Crippen LogP contribution in [0.2, 0.25) is 0 Å². The first-order valence-corrected chi connectivity index (χ1v) is 3.96. The summed E-state index contributed by atoms with van der Waals surface area (Å²) >= 11 is 4.78. The molecule has 0 N–H and O–H groups in total. The molecule has 0 saturated carbocycles. The van der Waals surface area contributed by atoms with Crippen molar-refractivity contribution in [2.45, 2.75) is 0 Å². The summed E-state index contributed by atoms with van der Waals surface area (Å²) in [6, 6.07) is 5.55. The zero-order valence-corrected chi connectivity index (χ0v) is 7.85. The number of hydrogen-bond donors (Lipinski definition) is 0. The highest BCUT2D eigenvalue weighted by molar-refractivity contribution is 7.79. The normalized spacial score (nSPS) is 9.17. The van der Waals surface area contributed by atoms with Crippen LogP contribution in [0.4, 0.5) is 0 Å². The van der Waals surface area contributed by atoms with E-state index in [1.165, 1.54) is 0 Å². The molecule has 1 aromatic rings. The van der Waals surface area contributed by atoms with Crippen LogP contribution < -0.4 is 9.47 Å². The number of rotatable bonds is 3. The fourth-order valence-corrected chi connectivity index (χ4v) is 1.07. The van der Waals surface area contributed by atoms with Gasteiger partial charge in [-0.3, -0.25) is 0 Å². The van der Waals surface area contributed by atoms with E-state index in [1.807, 2.05) is 18.2 Å². The third-order valence-corrected chi connectivity index (χ3v) is 1.82. The molecule has 0 bridgehead atoms. The highest BCUT2D eigenvalue weighted by Crippen LogP contribution is 2.26. The van der Waals surface area contributed by atoms with Crippen LogP contribution in [0.25, 0.3) is 0 Å². The Hall–Kier alpha value is -1.09. The van der Waals surface area contributed by atoms with Crippen molar-refractivity contribution < 1.29 is 9.47 Å². The van der Waals surface area contributed by atoms with Crippen molar-refractivity contribution in [3.8, 4) is 11.5 Å². The Morgan fingerprint density at radius 3 is 2.33 bits per heavy atom. The summed E-state index contributed by atoms with van der Waals surface area (Å²) in [7, 11) is 3.21. The van der Waals surface area contributed by atoms with Gasteiger partial charge in [-0.15, -0.1) is 0 Å². The maximum Gasteiger partial charge on any atom is 0.161 e. The lowest BCUT2D eigenvalue weighted by Crippen LogP contribution is -1.91. The van der Waals surface area contributed by atoms with Crippen molar-refractivity contribution in [2.24, 2.45) is 0 Å². The molecule has 3 heteroatoms. The first kappa shape index (κ1) is 9.00. The van der Waals surface area contributed by atoms with E-state index in [4.69, 9.17) is 21.7 Å². The van der Waals surface area contributed by atoms with Crippen LogP contribution in [-0.2, 0) is 0 Å². The van der Waals surface area contributed by atoms with Crippen LogP contribution in [-0.4, -0.2) is 19.6 Å². The molecule has 1 rings (SSSR count).